The van der Waals surface area contributed by atoms with Crippen LogP contribution in [0, 0.1) is 0 Å². The van der Waals surface area contributed by atoms with Gasteiger partial charge in [-0.05, 0) is 44.3 Å². The predicted octanol–water partition coefficient (Wildman–Crippen LogP) is 2.88. The van der Waals surface area contributed by atoms with E-state index in [0.29, 0.717) is 0 Å². The average Bonchev–Trinajstić information content (AvgIpc) is 2.19. The van der Waals surface area contributed by atoms with E-state index < -0.39 is 0 Å². The molecule has 0 aliphatic carbocycles. The third kappa shape index (κ3) is 4.51. The maximum atomic E-state index is 6.13. The van der Waals surface area contributed by atoms with Crippen molar-refractivity contribution in [1.82, 2.24) is 4.90 Å². The van der Waals surface area contributed by atoms with Crippen LogP contribution in [0.3, 0.4) is 0 Å². The SMILES string of the molecule is CN(CCCN)Cc1ccc(Br)cc1Cl. The van der Waals surface area contributed by atoms with Gasteiger partial charge in [0.15, 0.2) is 0 Å². The van der Waals surface area contributed by atoms with Gasteiger partial charge in [-0.2, -0.15) is 0 Å². The summed E-state index contributed by atoms with van der Waals surface area (Å²) in [6.07, 6.45) is 1.02. The first-order valence-corrected chi connectivity index (χ1v) is 6.13. The lowest BCUT2D eigenvalue weighted by Gasteiger charge is -2.16. The Hall–Kier alpha value is -0.0900. The molecule has 0 spiro atoms. The normalized spacial score (nSPS) is 11.0. The van der Waals surface area contributed by atoms with E-state index in [-0.39, 0.29) is 0 Å². The maximum absolute atomic E-state index is 6.13. The summed E-state index contributed by atoms with van der Waals surface area (Å²) in [5.74, 6) is 0. The number of nitrogens with two attached hydrogens (primary N) is 1. The van der Waals surface area contributed by atoms with Crippen molar-refractivity contribution in [3.63, 3.8) is 0 Å². The molecule has 0 bridgehead atoms. The van der Waals surface area contributed by atoms with E-state index in [9.17, 15) is 0 Å². The molecule has 0 saturated heterocycles. The highest BCUT2D eigenvalue weighted by atomic mass is 79.9. The van der Waals surface area contributed by atoms with Crippen molar-refractivity contribution < 1.29 is 0 Å². The van der Waals surface area contributed by atoms with Gasteiger partial charge in [-0.25, -0.2) is 0 Å². The largest absolute Gasteiger partial charge is 0.330 e. The summed E-state index contributed by atoms with van der Waals surface area (Å²) in [6.45, 7) is 2.60. The third-order valence-electron chi connectivity index (χ3n) is 2.20. The molecule has 2 N–H and O–H groups in total. The van der Waals surface area contributed by atoms with Gasteiger partial charge in [0.1, 0.15) is 0 Å². The Kier molecular flexibility index (Phi) is 5.61. The molecular weight excluding hydrogens is 275 g/mol. The van der Waals surface area contributed by atoms with Crippen LogP contribution in [0.15, 0.2) is 22.7 Å². The number of halogens is 2. The number of nitrogens with zero attached hydrogens (tertiary/aromatic N) is 1. The van der Waals surface area contributed by atoms with Gasteiger partial charge in [0, 0.05) is 16.0 Å². The Balaban J connectivity index is 2.56. The minimum atomic E-state index is 0.735. The summed E-state index contributed by atoms with van der Waals surface area (Å²) in [6, 6.07) is 5.98. The van der Waals surface area contributed by atoms with Crippen molar-refractivity contribution in [2.45, 2.75) is 13.0 Å². The highest BCUT2D eigenvalue weighted by Gasteiger charge is 2.04. The molecule has 0 aliphatic rings. The number of benzene rings is 1. The molecule has 0 heterocycles. The molecule has 15 heavy (non-hydrogen) atoms. The molecule has 84 valence electrons. The molecule has 0 fully saturated rings. The average molecular weight is 292 g/mol. The van der Waals surface area contributed by atoms with Crippen LogP contribution >= 0.6 is 27.5 Å². The van der Waals surface area contributed by atoms with E-state index in [1.54, 1.807) is 0 Å². The summed E-state index contributed by atoms with van der Waals surface area (Å²) < 4.78 is 1.01. The second kappa shape index (κ2) is 6.48. The lowest BCUT2D eigenvalue weighted by molar-refractivity contribution is 0.324. The zero-order valence-corrected chi connectivity index (χ0v) is 11.2. The molecule has 0 atom stereocenters. The first kappa shape index (κ1) is 13.0. The second-order valence-electron chi connectivity index (χ2n) is 3.62. The van der Waals surface area contributed by atoms with E-state index in [2.05, 4.69) is 27.9 Å². The lowest BCUT2D eigenvalue weighted by Crippen LogP contribution is -2.21. The minimum Gasteiger partial charge on any atom is -0.330 e. The van der Waals surface area contributed by atoms with Gasteiger partial charge < -0.3 is 10.6 Å². The molecule has 0 amide bonds. The lowest BCUT2D eigenvalue weighted by atomic mass is 10.2. The molecule has 2 nitrogen and oxygen atoms in total. The van der Waals surface area contributed by atoms with Crippen LogP contribution in [-0.2, 0) is 6.54 Å². The molecule has 0 aromatic heterocycles. The van der Waals surface area contributed by atoms with Crippen LogP contribution < -0.4 is 5.73 Å². The van der Waals surface area contributed by atoms with Gasteiger partial charge in [0.2, 0.25) is 0 Å². The smallest absolute Gasteiger partial charge is 0.0462 e. The topological polar surface area (TPSA) is 29.3 Å². The van der Waals surface area contributed by atoms with Crippen molar-refractivity contribution in [3.8, 4) is 0 Å². The Bertz CT molecular complexity index is 317. The van der Waals surface area contributed by atoms with Crippen LogP contribution in [0.25, 0.3) is 0 Å². The van der Waals surface area contributed by atoms with Crippen LogP contribution in [0.5, 0.6) is 0 Å². The number of rotatable bonds is 5. The first-order chi connectivity index (χ1) is 7.13. The van der Waals surface area contributed by atoms with E-state index in [1.807, 2.05) is 18.2 Å². The number of hydrogen-bond donors (Lipinski definition) is 1. The van der Waals surface area contributed by atoms with Gasteiger partial charge in [-0.15, -0.1) is 0 Å². The fourth-order valence-electron chi connectivity index (χ4n) is 1.38. The summed E-state index contributed by atoms with van der Waals surface area (Å²) in [7, 11) is 2.08. The second-order valence-corrected chi connectivity index (χ2v) is 4.94. The Morgan fingerprint density at radius 3 is 2.80 bits per heavy atom. The summed E-state index contributed by atoms with van der Waals surface area (Å²) in [5, 5.41) is 0.809. The maximum Gasteiger partial charge on any atom is 0.0462 e. The molecule has 1 aromatic carbocycles. The molecule has 0 radical (unpaired) electrons. The Morgan fingerprint density at radius 1 is 1.47 bits per heavy atom. The summed E-state index contributed by atoms with van der Waals surface area (Å²) >= 11 is 9.52. The highest BCUT2D eigenvalue weighted by molar-refractivity contribution is 9.10. The zero-order chi connectivity index (χ0) is 11.3. The fraction of sp³-hybridized carbons (Fsp3) is 0.455. The van der Waals surface area contributed by atoms with Crippen LogP contribution in [0.1, 0.15) is 12.0 Å². The quantitative estimate of drug-likeness (QED) is 0.904. The number of hydrogen-bond acceptors (Lipinski definition) is 2. The van der Waals surface area contributed by atoms with E-state index in [1.165, 1.54) is 0 Å². The standard InChI is InChI=1S/C11H16BrClN2/c1-15(6-2-5-14)8-9-3-4-10(12)7-11(9)13/h3-4,7H,2,5-6,8,14H2,1H3. The summed E-state index contributed by atoms with van der Waals surface area (Å²) in [5.41, 5.74) is 6.61. The first-order valence-electron chi connectivity index (χ1n) is 4.96. The van der Waals surface area contributed by atoms with Crippen LogP contribution in [-0.4, -0.2) is 25.0 Å². The fourth-order valence-corrected chi connectivity index (χ4v) is 2.11. The van der Waals surface area contributed by atoms with Crippen molar-refractivity contribution in [1.29, 1.82) is 0 Å². The predicted molar refractivity (Wildman–Crippen MR) is 69.2 cm³/mol. The summed E-state index contributed by atoms with van der Waals surface area (Å²) in [4.78, 5) is 2.22. The van der Waals surface area contributed by atoms with Crippen molar-refractivity contribution in [2.75, 3.05) is 20.1 Å². The molecule has 4 heteroatoms. The molecule has 1 rings (SSSR count). The molecular formula is C11H16BrClN2. The zero-order valence-electron chi connectivity index (χ0n) is 8.84. The molecule has 0 saturated carbocycles. The molecule has 0 aliphatic heterocycles. The van der Waals surface area contributed by atoms with Gasteiger partial charge >= 0.3 is 0 Å². The monoisotopic (exact) mass is 290 g/mol. The van der Waals surface area contributed by atoms with Crippen molar-refractivity contribution in [2.24, 2.45) is 5.73 Å². The van der Waals surface area contributed by atoms with Gasteiger partial charge in [-0.1, -0.05) is 33.6 Å². The van der Waals surface area contributed by atoms with Gasteiger partial charge in [0.05, 0.1) is 0 Å². The van der Waals surface area contributed by atoms with Crippen molar-refractivity contribution >= 4 is 27.5 Å². The van der Waals surface area contributed by atoms with E-state index in [0.717, 1.165) is 41.1 Å². The highest BCUT2D eigenvalue weighted by Crippen LogP contribution is 2.22. The Morgan fingerprint density at radius 2 is 2.20 bits per heavy atom. The third-order valence-corrected chi connectivity index (χ3v) is 3.04. The minimum absolute atomic E-state index is 0.735. The van der Waals surface area contributed by atoms with Crippen LogP contribution in [0.2, 0.25) is 5.02 Å². The van der Waals surface area contributed by atoms with E-state index >= 15 is 0 Å². The van der Waals surface area contributed by atoms with Gasteiger partial charge in [-0.3, -0.25) is 0 Å². The molecule has 1 aromatic rings. The van der Waals surface area contributed by atoms with Gasteiger partial charge in [0.25, 0.3) is 0 Å². The van der Waals surface area contributed by atoms with E-state index in [4.69, 9.17) is 17.3 Å². The Labute approximate surface area is 105 Å². The van der Waals surface area contributed by atoms with Crippen molar-refractivity contribution in [3.05, 3.63) is 33.3 Å². The van der Waals surface area contributed by atoms with Crippen LogP contribution in [0.4, 0.5) is 0 Å². The molecule has 0 unspecified atom stereocenters.